The summed E-state index contributed by atoms with van der Waals surface area (Å²) in [5.41, 5.74) is 0.662. The quantitative estimate of drug-likeness (QED) is 0.858. The van der Waals surface area contributed by atoms with Crippen molar-refractivity contribution in [3.05, 3.63) is 42.2 Å². The molecule has 8 heteroatoms. The first kappa shape index (κ1) is 13.8. The Hall–Kier alpha value is -2.19. The van der Waals surface area contributed by atoms with Crippen LogP contribution in [0.3, 0.4) is 0 Å². The maximum atomic E-state index is 12.0. The van der Waals surface area contributed by atoms with Crippen molar-refractivity contribution < 1.29 is 18.3 Å². The van der Waals surface area contributed by atoms with E-state index in [-0.39, 0.29) is 16.5 Å². The zero-order valence-corrected chi connectivity index (χ0v) is 11.7. The lowest BCUT2D eigenvalue weighted by Gasteiger charge is -2.06. The van der Waals surface area contributed by atoms with Crippen LogP contribution >= 0.6 is 0 Å². The Morgan fingerprint density at radius 1 is 1.29 bits per heavy atom. The van der Waals surface area contributed by atoms with Crippen molar-refractivity contribution in [1.82, 2.24) is 14.5 Å². The van der Waals surface area contributed by atoms with E-state index in [0.717, 1.165) is 12.8 Å². The summed E-state index contributed by atoms with van der Waals surface area (Å²) in [5.74, 6) is -1.06. The molecule has 110 valence electrons. The number of carboxylic acid groups (broad SMARTS) is 1. The molecule has 21 heavy (non-hydrogen) atoms. The summed E-state index contributed by atoms with van der Waals surface area (Å²) in [5, 5.41) is 12.8. The Labute approximate surface area is 121 Å². The SMILES string of the molecule is O=C(O)c1cnn(-c2ccc(S(=O)(=O)NC3CC3)cc2)c1. The average Bonchev–Trinajstić information content (AvgIpc) is 3.09. The van der Waals surface area contributed by atoms with E-state index >= 15 is 0 Å². The van der Waals surface area contributed by atoms with Crippen molar-refractivity contribution >= 4 is 16.0 Å². The Morgan fingerprint density at radius 2 is 1.95 bits per heavy atom. The topological polar surface area (TPSA) is 101 Å². The molecule has 1 saturated carbocycles. The maximum absolute atomic E-state index is 12.0. The monoisotopic (exact) mass is 307 g/mol. The van der Waals surface area contributed by atoms with Crippen molar-refractivity contribution in [2.45, 2.75) is 23.8 Å². The van der Waals surface area contributed by atoms with E-state index in [1.807, 2.05) is 0 Å². The summed E-state index contributed by atoms with van der Waals surface area (Å²) in [7, 11) is -3.48. The van der Waals surface area contributed by atoms with Gasteiger partial charge in [0.15, 0.2) is 0 Å². The van der Waals surface area contributed by atoms with Crippen LogP contribution in [0.4, 0.5) is 0 Å². The molecule has 2 aromatic rings. The third kappa shape index (κ3) is 2.96. The van der Waals surface area contributed by atoms with Crippen LogP contribution in [0.15, 0.2) is 41.6 Å². The third-order valence-electron chi connectivity index (χ3n) is 3.14. The molecule has 1 aliphatic carbocycles. The molecule has 2 N–H and O–H groups in total. The highest BCUT2D eigenvalue weighted by molar-refractivity contribution is 7.89. The van der Waals surface area contributed by atoms with Crippen LogP contribution in [0.25, 0.3) is 5.69 Å². The van der Waals surface area contributed by atoms with Gasteiger partial charge in [0, 0.05) is 12.2 Å². The Morgan fingerprint density at radius 3 is 2.48 bits per heavy atom. The van der Waals surface area contributed by atoms with Gasteiger partial charge in [-0.15, -0.1) is 0 Å². The molecule has 0 amide bonds. The normalized spacial score (nSPS) is 15.0. The number of sulfonamides is 1. The fraction of sp³-hybridized carbons (Fsp3) is 0.231. The number of aromatic carboxylic acids is 1. The molecule has 0 spiro atoms. The van der Waals surface area contributed by atoms with E-state index in [1.165, 1.54) is 29.2 Å². The summed E-state index contributed by atoms with van der Waals surface area (Å²) in [6.07, 6.45) is 4.36. The lowest BCUT2D eigenvalue weighted by atomic mass is 10.3. The molecule has 0 radical (unpaired) electrons. The van der Waals surface area contributed by atoms with E-state index in [2.05, 4.69) is 9.82 Å². The van der Waals surface area contributed by atoms with Crippen LogP contribution in [-0.4, -0.2) is 35.3 Å². The third-order valence-corrected chi connectivity index (χ3v) is 4.68. The Bertz CT molecular complexity index is 776. The highest BCUT2D eigenvalue weighted by Gasteiger charge is 2.27. The van der Waals surface area contributed by atoms with Gasteiger partial charge in [-0.25, -0.2) is 22.6 Å². The number of nitrogens with one attached hydrogen (secondary N) is 1. The first-order valence-electron chi connectivity index (χ1n) is 6.36. The number of carbonyl (C=O) groups is 1. The maximum Gasteiger partial charge on any atom is 0.338 e. The standard InChI is InChI=1S/C13H13N3O4S/c17-13(18)9-7-14-16(8-9)11-3-5-12(6-4-11)21(19,20)15-10-1-2-10/h3-8,10,15H,1-2H2,(H,17,18). The molecule has 1 fully saturated rings. The molecule has 0 aliphatic heterocycles. The number of hydrogen-bond donors (Lipinski definition) is 2. The minimum Gasteiger partial charge on any atom is -0.478 e. The Balaban J connectivity index is 1.84. The Kier molecular flexibility index (Phi) is 3.26. The average molecular weight is 307 g/mol. The van der Waals surface area contributed by atoms with Crippen LogP contribution in [0.2, 0.25) is 0 Å². The molecule has 1 aliphatic rings. The molecule has 1 aromatic carbocycles. The van der Waals surface area contributed by atoms with E-state index in [9.17, 15) is 13.2 Å². The molecule has 0 saturated heterocycles. The number of nitrogens with zero attached hydrogens (tertiary/aromatic N) is 2. The number of aromatic nitrogens is 2. The fourth-order valence-electron chi connectivity index (χ4n) is 1.84. The van der Waals surface area contributed by atoms with Gasteiger partial charge in [0.05, 0.1) is 22.3 Å². The molecule has 7 nitrogen and oxygen atoms in total. The van der Waals surface area contributed by atoms with Gasteiger partial charge < -0.3 is 5.11 Å². The number of benzene rings is 1. The lowest BCUT2D eigenvalue weighted by molar-refractivity contribution is 0.0697. The molecule has 0 atom stereocenters. The first-order chi connectivity index (χ1) is 9.95. The van der Waals surface area contributed by atoms with Gasteiger partial charge in [-0.3, -0.25) is 0 Å². The van der Waals surface area contributed by atoms with Crippen LogP contribution in [0, 0.1) is 0 Å². The van der Waals surface area contributed by atoms with Crippen LogP contribution in [0.1, 0.15) is 23.2 Å². The minimum atomic E-state index is -3.48. The molecule has 1 aromatic heterocycles. The lowest BCUT2D eigenvalue weighted by Crippen LogP contribution is -2.25. The van der Waals surface area contributed by atoms with E-state index < -0.39 is 16.0 Å². The predicted molar refractivity (Wildman–Crippen MR) is 73.9 cm³/mol. The summed E-state index contributed by atoms with van der Waals surface area (Å²) >= 11 is 0. The minimum absolute atomic E-state index is 0.0546. The molecule has 0 bridgehead atoms. The van der Waals surface area contributed by atoms with Gasteiger partial charge in [0.2, 0.25) is 10.0 Å². The van der Waals surface area contributed by atoms with Crippen molar-refractivity contribution in [3.8, 4) is 5.69 Å². The number of carboxylic acids is 1. The predicted octanol–water partition coefficient (Wildman–Crippen LogP) is 1.01. The van der Waals surface area contributed by atoms with Crippen molar-refractivity contribution in [2.24, 2.45) is 0 Å². The smallest absolute Gasteiger partial charge is 0.338 e. The second kappa shape index (κ2) is 4.97. The van der Waals surface area contributed by atoms with Gasteiger partial charge in [-0.2, -0.15) is 5.10 Å². The largest absolute Gasteiger partial charge is 0.478 e. The fourth-order valence-corrected chi connectivity index (χ4v) is 3.15. The highest BCUT2D eigenvalue weighted by Crippen LogP contribution is 2.22. The van der Waals surface area contributed by atoms with Gasteiger partial charge in [-0.1, -0.05) is 0 Å². The zero-order chi connectivity index (χ0) is 15.0. The van der Waals surface area contributed by atoms with Crippen molar-refractivity contribution in [3.63, 3.8) is 0 Å². The number of rotatable bonds is 5. The molecule has 1 heterocycles. The van der Waals surface area contributed by atoms with Crippen LogP contribution in [-0.2, 0) is 10.0 Å². The van der Waals surface area contributed by atoms with Gasteiger partial charge in [-0.05, 0) is 37.1 Å². The molecular formula is C13H13N3O4S. The molecule has 0 unspecified atom stereocenters. The first-order valence-corrected chi connectivity index (χ1v) is 7.85. The summed E-state index contributed by atoms with van der Waals surface area (Å²) in [6, 6.07) is 6.17. The second-order valence-electron chi connectivity index (χ2n) is 4.87. The molecular weight excluding hydrogens is 294 g/mol. The van der Waals surface area contributed by atoms with Gasteiger partial charge in [0.25, 0.3) is 0 Å². The van der Waals surface area contributed by atoms with E-state index in [0.29, 0.717) is 5.69 Å². The molecule has 3 rings (SSSR count). The van der Waals surface area contributed by atoms with Gasteiger partial charge >= 0.3 is 5.97 Å². The van der Waals surface area contributed by atoms with Crippen molar-refractivity contribution in [1.29, 1.82) is 0 Å². The second-order valence-corrected chi connectivity index (χ2v) is 6.58. The summed E-state index contributed by atoms with van der Waals surface area (Å²) < 4.78 is 28.0. The van der Waals surface area contributed by atoms with E-state index in [1.54, 1.807) is 12.1 Å². The number of hydrogen-bond acceptors (Lipinski definition) is 4. The highest BCUT2D eigenvalue weighted by atomic mass is 32.2. The van der Waals surface area contributed by atoms with Crippen LogP contribution < -0.4 is 4.72 Å². The zero-order valence-electron chi connectivity index (χ0n) is 10.9. The summed E-state index contributed by atoms with van der Waals surface area (Å²) in [6.45, 7) is 0. The van der Waals surface area contributed by atoms with Gasteiger partial charge in [0.1, 0.15) is 0 Å². The van der Waals surface area contributed by atoms with Crippen molar-refractivity contribution in [2.75, 3.05) is 0 Å². The summed E-state index contributed by atoms with van der Waals surface area (Å²) in [4.78, 5) is 11.0. The van der Waals surface area contributed by atoms with Crippen LogP contribution in [0.5, 0.6) is 0 Å². The van der Waals surface area contributed by atoms with E-state index in [4.69, 9.17) is 5.11 Å².